The van der Waals surface area contributed by atoms with E-state index in [0.29, 0.717) is 12.5 Å². The highest BCUT2D eigenvalue weighted by Crippen LogP contribution is 2.32. The lowest BCUT2D eigenvalue weighted by molar-refractivity contribution is 0.125. The zero-order valence-corrected chi connectivity index (χ0v) is 7.26. The predicted molar refractivity (Wildman–Crippen MR) is 47.2 cm³/mol. The molecule has 0 aliphatic heterocycles. The van der Waals surface area contributed by atoms with Crippen LogP contribution in [0.4, 0.5) is 0 Å². The minimum absolute atomic E-state index is 0.151. The highest BCUT2D eigenvalue weighted by Gasteiger charge is 2.30. The molecule has 0 amide bonds. The van der Waals surface area contributed by atoms with E-state index in [2.05, 4.69) is 5.10 Å². The van der Waals surface area contributed by atoms with Gasteiger partial charge < -0.3 is 5.11 Å². The van der Waals surface area contributed by atoms with Gasteiger partial charge in [-0.25, -0.2) is 4.68 Å². The lowest BCUT2D eigenvalue weighted by Gasteiger charge is -2.09. The van der Waals surface area contributed by atoms with Gasteiger partial charge in [0.25, 0.3) is 5.56 Å². The van der Waals surface area contributed by atoms with E-state index in [1.165, 1.54) is 10.7 Å². The van der Waals surface area contributed by atoms with Crippen molar-refractivity contribution in [2.75, 3.05) is 0 Å². The molecule has 1 unspecified atom stereocenters. The second-order valence-corrected chi connectivity index (χ2v) is 3.45. The molecule has 0 spiro atoms. The molecule has 4 heteroatoms. The van der Waals surface area contributed by atoms with Gasteiger partial charge in [0.05, 0.1) is 12.6 Å². The minimum Gasteiger partial charge on any atom is -0.391 e. The van der Waals surface area contributed by atoms with Gasteiger partial charge in [-0.2, -0.15) is 5.10 Å². The fourth-order valence-corrected chi connectivity index (χ4v) is 1.33. The Morgan fingerprint density at radius 2 is 2.46 bits per heavy atom. The largest absolute Gasteiger partial charge is 0.391 e. The smallest absolute Gasteiger partial charge is 0.266 e. The quantitative estimate of drug-likeness (QED) is 0.713. The van der Waals surface area contributed by atoms with Crippen LogP contribution in [0, 0.1) is 5.92 Å². The Bertz CT molecular complexity index is 343. The van der Waals surface area contributed by atoms with Gasteiger partial charge in [0.2, 0.25) is 0 Å². The van der Waals surface area contributed by atoms with E-state index < -0.39 is 6.10 Å². The number of aliphatic hydroxyl groups is 1. The molecule has 1 fully saturated rings. The number of aromatic nitrogens is 2. The van der Waals surface area contributed by atoms with Crippen molar-refractivity contribution in [3.8, 4) is 0 Å². The van der Waals surface area contributed by atoms with E-state index in [0.717, 1.165) is 12.8 Å². The second kappa shape index (κ2) is 3.30. The normalized spacial score (nSPS) is 18.5. The third-order valence-electron chi connectivity index (χ3n) is 2.31. The third-order valence-corrected chi connectivity index (χ3v) is 2.31. The molecule has 1 N–H and O–H groups in total. The summed E-state index contributed by atoms with van der Waals surface area (Å²) in [5.74, 6) is 0.383. The molecule has 0 radical (unpaired) electrons. The van der Waals surface area contributed by atoms with Gasteiger partial charge in [-0.05, 0) is 24.8 Å². The summed E-state index contributed by atoms with van der Waals surface area (Å²) in [5, 5.41) is 13.4. The van der Waals surface area contributed by atoms with Crippen LogP contribution in [0.3, 0.4) is 0 Å². The maximum Gasteiger partial charge on any atom is 0.266 e. The minimum atomic E-state index is -0.410. The predicted octanol–water partition coefficient (Wildman–Crippen LogP) is 0.0142. The van der Waals surface area contributed by atoms with Crippen LogP contribution in [0.25, 0.3) is 0 Å². The van der Waals surface area contributed by atoms with E-state index in [9.17, 15) is 9.90 Å². The summed E-state index contributed by atoms with van der Waals surface area (Å²) in [6.07, 6.45) is 3.29. The van der Waals surface area contributed by atoms with Crippen LogP contribution in [-0.4, -0.2) is 21.0 Å². The van der Waals surface area contributed by atoms with Gasteiger partial charge >= 0.3 is 0 Å². The Morgan fingerprint density at radius 1 is 1.69 bits per heavy atom. The molecule has 0 aromatic carbocycles. The Morgan fingerprint density at radius 3 is 3.08 bits per heavy atom. The SMILES string of the molecule is O=c1cccnn1CC(O)C1CC1. The molecule has 0 bridgehead atoms. The summed E-state index contributed by atoms with van der Waals surface area (Å²) < 4.78 is 1.31. The van der Waals surface area contributed by atoms with Crippen molar-refractivity contribution in [2.45, 2.75) is 25.5 Å². The summed E-state index contributed by atoms with van der Waals surface area (Å²) >= 11 is 0. The fraction of sp³-hybridized carbons (Fsp3) is 0.556. The Balaban J connectivity index is 2.08. The molecular formula is C9H12N2O2. The number of rotatable bonds is 3. The van der Waals surface area contributed by atoms with Gasteiger partial charge in [-0.1, -0.05) is 0 Å². The Labute approximate surface area is 75.8 Å². The molecular weight excluding hydrogens is 168 g/mol. The molecule has 1 aliphatic carbocycles. The van der Waals surface area contributed by atoms with Gasteiger partial charge in [0.1, 0.15) is 0 Å². The van der Waals surface area contributed by atoms with Crippen molar-refractivity contribution in [1.82, 2.24) is 9.78 Å². The van der Waals surface area contributed by atoms with Crippen LogP contribution in [0.15, 0.2) is 23.1 Å². The zero-order valence-electron chi connectivity index (χ0n) is 7.26. The maximum atomic E-state index is 11.2. The lowest BCUT2D eigenvalue weighted by atomic mass is 10.2. The summed E-state index contributed by atoms with van der Waals surface area (Å²) in [5.41, 5.74) is -0.151. The van der Waals surface area contributed by atoms with E-state index in [1.807, 2.05) is 0 Å². The summed E-state index contributed by atoms with van der Waals surface area (Å²) in [6.45, 7) is 0.324. The van der Waals surface area contributed by atoms with Crippen LogP contribution >= 0.6 is 0 Å². The molecule has 4 nitrogen and oxygen atoms in total. The molecule has 1 aromatic heterocycles. The van der Waals surface area contributed by atoms with E-state index in [1.54, 1.807) is 12.3 Å². The molecule has 2 rings (SSSR count). The van der Waals surface area contributed by atoms with Crippen molar-refractivity contribution in [3.63, 3.8) is 0 Å². The number of hydrogen-bond acceptors (Lipinski definition) is 3. The second-order valence-electron chi connectivity index (χ2n) is 3.45. The monoisotopic (exact) mass is 180 g/mol. The third kappa shape index (κ3) is 1.95. The van der Waals surface area contributed by atoms with Gasteiger partial charge in [-0.3, -0.25) is 4.79 Å². The van der Waals surface area contributed by atoms with Crippen molar-refractivity contribution in [3.05, 3.63) is 28.7 Å². The lowest BCUT2D eigenvalue weighted by Crippen LogP contribution is -2.28. The van der Waals surface area contributed by atoms with Crippen LogP contribution in [0.5, 0.6) is 0 Å². The standard InChI is InChI=1S/C9H12N2O2/c12-8(7-3-4-7)6-11-9(13)2-1-5-10-11/h1-2,5,7-8,12H,3-4,6H2. The van der Waals surface area contributed by atoms with E-state index in [4.69, 9.17) is 0 Å². The van der Waals surface area contributed by atoms with Crippen molar-refractivity contribution >= 4 is 0 Å². The summed E-state index contributed by atoms with van der Waals surface area (Å²) in [7, 11) is 0. The van der Waals surface area contributed by atoms with Crippen molar-refractivity contribution < 1.29 is 5.11 Å². The number of nitrogens with zero attached hydrogens (tertiary/aromatic N) is 2. The average Bonchev–Trinajstić information content (AvgIpc) is 2.91. The Hall–Kier alpha value is -1.16. The first kappa shape index (κ1) is 8.44. The van der Waals surface area contributed by atoms with Crippen LogP contribution < -0.4 is 5.56 Å². The first-order chi connectivity index (χ1) is 6.27. The summed E-state index contributed by atoms with van der Waals surface area (Å²) in [6, 6.07) is 3.05. The molecule has 1 aliphatic rings. The zero-order chi connectivity index (χ0) is 9.26. The number of hydrogen-bond donors (Lipinski definition) is 1. The Kier molecular flexibility index (Phi) is 2.14. The van der Waals surface area contributed by atoms with E-state index >= 15 is 0 Å². The maximum absolute atomic E-state index is 11.2. The molecule has 1 saturated carbocycles. The molecule has 13 heavy (non-hydrogen) atoms. The molecule has 1 aromatic rings. The van der Waals surface area contributed by atoms with E-state index in [-0.39, 0.29) is 5.56 Å². The first-order valence-electron chi connectivity index (χ1n) is 4.47. The topological polar surface area (TPSA) is 55.1 Å². The van der Waals surface area contributed by atoms with Crippen molar-refractivity contribution in [1.29, 1.82) is 0 Å². The molecule has 70 valence electrons. The van der Waals surface area contributed by atoms with Crippen LogP contribution in [-0.2, 0) is 6.54 Å². The average molecular weight is 180 g/mol. The molecule has 0 saturated heterocycles. The highest BCUT2D eigenvalue weighted by molar-refractivity contribution is 4.87. The number of aliphatic hydroxyl groups excluding tert-OH is 1. The van der Waals surface area contributed by atoms with Crippen LogP contribution in [0.2, 0.25) is 0 Å². The summed E-state index contributed by atoms with van der Waals surface area (Å²) in [4.78, 5) is 11.2. The highest BCUT2D eigenvalue weighted by atomic mass is 16.3. The van der Waals surface area contributed by atoms with Gasteiger partial charge in [0, 0.05) is 12.3 Å². The fourth-order valence-electron chi connectivity index (χ4n) is 1.33. The van der Waals surface area contributed by atoms with Gasteiger partial charge in [-0.15, -0.1) is 0 Å². The van der Waals surface area contributed by atoms with Gasteiger partial charge in [0.15, 0.2) is 0 Å². The molecule has 1 heterocycles. The van der Waals surface area contributed by atoms with Crippen LogP contribution in [0.1, 0.15) is 12.8 Å². The first-order valence-corrected chi connectivity index (χ1v) is 4.47. The van der Waals surface area contributed by atoms with Crippen molar-refractivity contribution in [2.24, 2.45) is 5.92 Å². The molecule has 1 atom stereocenters.